The van der Waals surface area contributed by atoms with E-state index in [1.54, 1.807) is 6.92 Å². The minimum absolute atomic E-state index is 0.108. The molecule has 0 bridgehead atoms. The molecule has 6 nitrogen and oxygen atoms in total. The second kappa shape index (κ2) is 4.23. The van der Waals surface area contributed by atoms with Crippen LogP contribution in [0.1, 0.15) is 13.8 Å². The SMILES string of the molecule is CCOC1=C(C(=O)O)N2C(=O)[C@H]([C@@H](C)O)[C@H]2S1. The number of amides is 1. The van der Waals surface area contributed by atoms with Crippen molar-refractivity contribution in [2.75, 3.05) is 6.61 Å². The van der Waals surface area contributed by atoms with Gasteiger partial charge in [-0.3, -0.25) is 9.69 Å². The zero-order valence-electron chi connectivity index (χ0n) is 9.41. The Morgan fingerprint density at radius 3 is 2.76 bits per heavy atom. The molecule has 94 valence electrons. The number of thioether (sulfide) groups is 1. The van der Waals surface area contributed by atoms with Gasteiger partial charge in [0.15, 0.2) is 10.8 Å². The quantitative estimate of drug-likeness (QED) is 0.701. The van der Waals surface area contributed by atoms with Crippen LogP contribution >= 0.6 is 11.8 Å². The Kier molecular flexibility index (Phi) is 3.05. The number of carbonyl (C=O) groups is 2. The highest BCUT2D eigenvalue weighted by atomic mass is 32.2. The monoisotopic (exact) mass is 259 g/mol. The molecule has 2 heterocycles. The van der Waals surface area contributed by atoms with Gasteiger partial charge in [-0.15, -0.1) is 0 Å². The van der Waals surface area contributed by atoms with Crippen molar-refractivity contribution in [3.8, 4) is 0 Å². The molecule has 1 saturated heterocycles. The van der Waals surface area contributed by atoms with Crippen LogP contribution in [-0.2, 0) is 14.3 Å². The number of ether oxygens (including phenoxy) is 1. The number of carboxylic acid groups (broad SMARTS) is 1. The Balaban J connectivity index is 2.26. The summed E-state index contributed by atoms with van der Waals surface area (Å²) in [6.07, 6.45) is -0.785. The fourth-order valence-corrected chi connectivity index (χ4v) is 3.49. The molecular weight excluding hydrogens is 246 g/mol. The summed E-state index contributed by atoms with van der Waals surface area (Å²) < 4.78 is 5.22. The summed E-state index contributed by atoms with van der Waals surface area (Å²) in [4.78, 5) is 24.0. The van der Waals surface area contributed by atoms with Crippen LogP contribution in [0.5, 0.6) is 0 Å². The molecule has 0 aromatic carbocycles. The van der Waals surface area contributed by atoms with Crippen LogP contribution in [0.15, 0.2) is 10.8 Å². The zero-order valence-corrected chi connectivity index (χ0v) is 10.2. The Morgan fingerprint density at radius 1 is 1.65 bits per heavy atom. The average molecular weight is 259 g/mol. The van der Waals surface area contributed by atoms with Gasteiger partial charge >= 0.3 is 5.97 Å². The van der Waals surface area contributed by atoms with Crippen molar-refractivity contribution in [2.45, 2.75) is 25.3 Å². The van der Waals surface area contributed by atoms with Gasteiger partial charge in [0.05, 0.1) is 18.6 Å². The van der Waals surface area contributed by atoms with Crippen molar-refractivity contribution in [1.82, 2.24) is 4.90 Å². The van der Waals surface area contributed by atoms with E-state index in [1.165, 1.54) is 23.6 Å². The molecular formula is C10H13NO5S. The Labute approximate surface area is 102 Å². The van der Waals surface area contributed by atoms with Crippen LogP contribution in [0.2, 0.25) is 0 Å². The predicted molar refractivity (Wildman–Crippen MR) is 59.7 cm³/mol. The van der Waals surface area contributed by atoms with E-state index in [9.17, 15) is 14.7 Å². The summed E-state index contributed by atoms with van der Waals surface area (Å²) in [7, 11) is 0. The van der Waals surface area contributed by atoms with E-state index in [2.05, 4.69) is 0 Å². The number of aliphatic hydroxyl groups excluding tert-OH is 1. The molecule has 7 heteroatoms. The third-order valence-electron chi connectivity index (χ3n) is 2.74. The largest absolute Gasteiger partial charge is 0.485 e. The molecule has 0 radical (unpaired) electrons. The van der Waals surface area contributed by atoms with E-state index < -0.39 is 18.0 Å². The molecule has 2 aliphatic rings. The third kappa shape index (κ3) is 1.69. The number of aliphatic carboxylic acids is 1. The maximum atomic E-state index is 11.7. The second-order valence-corrected chi connectivity index (χ2v) is 4.95. The highest BCUT2D eigenvalue weighted by molar-refractivity contribution is 8.03. The summed E-state index contributed by atoms with van der Waals surface area (Å²) in [6.45, 7) is 3.61. The predicted octanol–water partition coefficient (Wildman–Crippen LogP) is 0.189. The number of β-lactam (4-membered cyclic amide) rings is 1. The molecule has 0 aromatic heterocycles. The van der Waals surface area contributed by atoms with Crippen molar-refractivity contribution in [3.05, 3.63) is 10.8 Å². The number of carbonyl (C=O) groups excluding carboxylic acids is 1. The first-order chi connectivity index (χ1) is 7.99. The normalized spacial score (nSPS) is 28.9. The first-order valence-electron chi connectivity index (χ1n) is 5.27. The highest BCUT2D eigenvalue weighted by Crippen LogP contribution is 2.50. The van der Waals surface area contributed by atoms with Crippen molar-refractivity contribution < 1.29 is 24.5 Å². The molecule has 3 atom stereocenters. The molecule has 1 amide bonds. The van der Waals surface area contributed by atoms with Gasteiger partial charge in [-0.2, -0.15) is 0 Å². The number of aliphatic hydroxyl groups is 1. The molecule has 0 spiro atoms. The first kappa shape index (κ1) is 12.3. The van der Waals surface area contributed by atoms with Crippen LogP contribution in [0.25, 0.3) is 0 Å². The number of hydrogen-bond donors (Lipinski definition) is 2. The molecule has 1 fully saturated rings. The Bertz CT molecular complexity index is 406. The van der Waals surface area contributed by atoms with E-state index in [0.29, 0.717) is 6.61 Å². The molecule has 2 N–H and O–H groups in total. The van der Waals surface area contributed by atoms with E-state index in [0.717, 1.165) is 0 Å². The fraction of sp³-hybridized carbons (Fsp3) is 0.600. The van der Waals surface area contributed by atoms with Crippen LogP contribution in [0.3, 0.4) is 0 Å². The van der Waals surface area contributed by atoms with Crippen molar-refractivity contribution in [2.24, 2.45) is 5.92 Å². The van der Waals surface area contributed by atoms with Crippen LogP contribution < -0.4 is 0 Å². The van der Waals surface area contributed by atoms with E-state index in [1.807, 2.05) is 0 Å². The maximum absolute atomic E-state index is 11.7. The van der Waals surface area contributed by atoms with Gasteiger partial charge in [0, 0.05) is 0 Å². The number of nitrogens with zero attached hydrogens (tertiary/aromatic N) is 1. The lowest BCUT2D eigenvalue weighted by molar-refractivity contribution is -0.156. The standard InChI is InChI=1S/C10H13NO5S/c1-3-16-10-6(9(14)15)11-7(13)5(4(2)12)8(11)17-10/h4-5,8,12H,3H2,1-2H3,(H,14,15)/t4-,5+,8-/m1/s1. The summed E-state index contributed by atoms with van der Waals surface area (Å²) in [5, 5.41) is 18.4. The van der Waals surface area contributed by atoms with Crippen LogP contribution in [-0.4, -0.2) is 45.1 Å². The first-order valence-corrected chi connectivity index (χ1v) is 6.15. The lowest BCUT2D eigenvalue weighted by Gasteiger charge is -2.43. The van der Waals surface area contributed by atoms with Gasteiger partial charge in [-0.05, 0) is 13.8 Å². The minimum Gasteiger partial charge on any atom is -0.485 e. The average Bonchev–Trinajstić information content (AvgIpc) is 2.53. The summed E-state index contributed by atoms with van der Waals surface area (Å²) in [5.74, 6) is -2.09. The number of rotatable bonds is 4. The molecule has 2 rings (SSSR count). The number of carboxylic acids is 1. The summed E-state index contributed by atoms with van der Waals surface area (Å²) in [5.41, 5.74) is -0.108. The summed E-state index contributed by atoms with van der Waals surface area (Å²) in [6, 6.07) is 0. The highest BCUT2D eigenvalue weighted by Gasteiger charge is 2.58. The lowest BCUT2D eigenvalue weighted by Crippen LogP contribution is -2.60. The zero-order chi connectivity index (χ0) is 12.7. The number of hydrogen-bond acceptors (Lipinski definition) is 5. The van der Waals surface area contributed by atoms with Crippen LogP contribution in [0, 0.1) is 5.92 Å². The Hall–Kier alpha value is -1.21. The molecule has 0 saturated carbocycles. The Morgan fingerprint density at radius 2 is 2.29 bits per heavy atom. The summed E-state index contributed by atoms with van der Waals surface area (Å²) >= 11 is 1.18. The third-order valence-corrected chi connectivity index (χ3v) is 4.01. The van der Waals surface area contributed by atoms with E-state index in [-0.39, 0.29) is 22.1 Å². The molecule has 17 heavy (non-hydrogen) atoms. The van der Waals surface area contributed by atoms with E-state index >= 15 is 0 Å². The maximum Gasteiger partial charge on any atom is 0.357 e. The van der Waals surface area contributed by atoms with Gasteiger partial charge in [-0.1, -0.05) is 11.8 Å². The lowest BCUT2D eigenvalue weighted by atomic mass is 9.92. The van der Waals surface area contributed by atoms with Crippen molar-refractivity contribution in [1.29, 1.82) is 0 Å². The van der Waals surface area contributed by atoms with Gasteiger partial charge in [0.25, 0.3) is 0 Å². The van der Waals surface area contributed by atoms with Gasteiger partial charge in [-0.25, -0.2) is 4.79 Å². The molecule has 2 aliphatic heterocycles. The van der Waals surface area contributed by atoms with Gasteiger partial charge in [0.1, 0.15) is 5.37 Å². The topological polar surface area (TPSA) is 87.1 Å². The molecule has 0 aliphatic carbocycles. The fourth-order valence-electron chi connectivity index (χ4n) is 1.98. The van der Waals surface area contributed by atoms with Crippen molar-refractivity contribution in [3.63, 3.8) is 0 Å². The molecule has 0 unspecified atom stereocenters. The second-order valence-electron chi connectivity index (χ2n) is 3.86. The van der Waals surface area contributed by atoms with Gasteiger partial charge < -0.3 is 14.9 Å². The van der Waals surface area contributed by atoms with Gasteiger partial charge in [0.2, 0.25) is 5.91 Å². The minimum atomic E-state index is -1.18. The smallest absolute Gasteiger partial charge is 0.357 e. The van der Waals surface area contributed by atoms with Crippen LogP contribution in [0.4, 0.5) is 0 Å². The van der Waals surface area contributed by atoms with E-state index in [4.69, 9.17) is 9.84 Å². The molecule has 0 aromatic rings. The number of fused-ring (bicyclic) bond motifs is 1. The van der Waals surface area contributed by atoms with Crippen molar-refractivity contribution >= 4 is 23.6 Å².